The highest BCUT2D eigenvalue weighted by Gasteiger charge is 2.26. The first-order valence-corrected chi connectivity index (χ1v) is 11.0. The molecular weight excluding hydrogens is 419 g/mol. The lowest BCUT2D eigenvalue weighted by atomic mass is 9.99. The Balaban J connectivity index is 1.63. The van der Waals surface area contributed by atoms with Gasteiger partial charge in [-0.05, 0) is 69.3 Å². The number of carbonyl (C=O) groups is 1. The van der Waals surface area contributed by atoms with Crippen LogP contribution in [-0.4, -0.2) is 50.2 Å². The molecular formula is C25H25FN6O. The van der Waals surface area contributed by atoms with Gasteiger partial charge in [-0.2, -0.15) is 0 Å². The Kier molecular flexibility index (Phi) is 5.38. The van der Waals surface area contributed by atoms with E-state index in [-0.39, 0.29) is 29.0 Å². The van der Waals surface area contributed by atoms with Crippen LogP contribution in [0.4, 0.5) is 10.2 Å². The number of benzene rings is 1. The van der Waals surface area contributed by atoms with Gasteiger partial charge in [0.1, 0.15) is 17.2 Å². The molecule has 4 heterocycles. The molecule has 1 aliphatic rings. The van der Waals surface area contributed by atoms with E-state index in [1.54, 1.807) is 18.3 Å². The van der Waals surface area contributed by atoms with Crippen molar-refractivity contribution in [3.8, 4) is 22.5 Å². The molecule has 168 valence electrons. The third-order valence-electron chi connectivity index (χ3n) is 6.23. The van der Waals surface area contributed by atoms with Crippen LogP contribution < -0.4 is 5.73 Å². The van der Waals surface area contributed by atoms with Crippen molar-refractivity contribution in [1.82, 2.24) is 24.3 Å². The minimum atomic E-state index is -0.343. The number of carbonyl (C=O) groups excluding carboxylic acids is 1. The molecule has 1 fully saturated rings. The summed E-state index contributed by atoms with van der Waals surface area (Å²) >= 11 is 0. The minimum Gasteiger partial charge on any atom is -0.382 e. The van der Waals surface area contributed by atoms with Gasteiger partial charge in [-0.25, -0.2) is 19.3 Å². The predicted octanol–water partition coefficient (Wildman–Crippen LogP) is 4.01. The summed E-state index contributed by atoms with van der Waals surface area (Å²) < 4.78 is 15.5. The highest BCUT2D eigenvalue weighted by atomic mass is 19.1. The van der Waals surface area contributed by atoms with Gasteiger partial charge in [-0.3, -0.25) is 4.79 Å². The first-order chi connectivity index (χ1) is 15.9. The number of rotatable bonds is 5. The van der Waals surface area contributed by atoms with E-state index in [0.29, 0.717) is 23.4 Å². The number of nitrogen functional groups attached to an aromatic ring is 1. The van der Waals surface area contributed by atoms with Gasteiger partial charge in [0.2, 0.25) is 0 Å². The van der Waals surface area contributed by atoms with E-state index < -0.39 is 0 Å². The summed E-state index contributed by atoms with van der Waals surface area (Å²) in [5.41, 5.74) is 10.7. The lowest BCUT2D eigenvalue weighted by Gasteiger charge is -2.14. The molecule has 1 unspecified atom stereocenters. The molecule has 0 saturated carbocycles. The molecule has 0 bridgehead atoms. The van der Waals surface area contributed by atoms with E-state index in [9.17, 15) is 9.18 Å². The van der Waals surface area contributed by atoms with E-state index in [0.717, 1.165) is 36.4 Å². The summed E-state index contributed by atoms with van der Waals surface area (Å²) in [5, 5.41) is 0. The van der Waals surface area contributed by atoms with Crippen molar-refractivity contribution in [2.45, 2.75) is 19.8 Å². The largest absolute Gasteiger partial charge is 0.382 e. The van der Waals surface area contributed by atoms with Crippen LogP contribution in [0.15, 0.2) is 48.8 Å². The standard InChI is InChI=1S/C25H25FN6O/c1-15-12-28-21-8-5-18(14-32(15)21)23-22(17-3-6-19(26)7-4-17)30-25(27)24(29-23)20(33)11-16-9-10-31(2)13-16/h3-8,12,14,16H,9-11,13H2,1-2H3,(H2,27,30). The molecule has 0 aliphatic carbocycles. The summed E-state index contributed by atoms with van der Waals surface area (Å²) in [6, 6.07) is 9.81. The molecule has 33 heavy (non-hydrogen) atoms. The van der Waals surface area contributed by atoms with Crippen LogP contribution in [0.3, 0.4) is 0 Å². The predicted molar refractivity (Wildman–Crippen MR) is 125 cm³/mol. The van der Waals surface area contributed by atoms with Gasteiger partial charge >= 0.3 is 0 Å². The second-order valence-corrected chi connectivity index (χ2v) is 8.75. The van der Waals surface area contributed by atoms with Gasteiger partial charge in [-0.1, -0.05) is 0 Å². The normalized spacial score (nSPS) is 16.5. The fraction of sp³-hybridized carbons (Fsp3) is 0.280. The third-order valence-corrected chi connectivity index (χ3v) is 6.23. The number of nitrogens with zero attached hydrogens (tertiary/aromatic N) is 5. The Morgan fingerprint density at radius 3 is 2.58 bits per heavy atom. The number of hydrogen-bond donors (Lipinski definition) is 1. The number of imidazole rings is 1. The number of aryl methyl sites for hydroxylation is 1. The van der Waals surface area contributed by atoms with E-state index in [2.05, 4.69) is 21.9 Å². The Hall–Kier alpha value is -3.65. The van der Waals surface area contributed by atoms with Gasteiger partial charge in [0.05, 0.1) is 11.4 Å². The fourth-order valence-corrected chi connectivity index (χ4v) is 4.46. The third kappa shape index (κ3) is 4.09. The van der Waals surface area contributed by atoms with Crippen molar-refractivity contribution in [2.75, 3.05) is 25.9 Å². The average molecular weight is 445 g/mol. The second kappa shape index (κ2) is 8.37. The monoisotopic (exact) mass is 444 g/mol. The number of anilines is 1. The Morgan fingerprint density at radius 2 is 1.85 bits per heavy atom. The number of hydrogen-bond acceptors (Lipinski definition) is 6. The van der Waals surface area contributed by atoms with E-state index >= 15 is 0 Å². The average Bonchev–Trinajstić information content (AvgIpc) is 3.38. The molecule has 8 heteroatoms. The van der Waals surface area contributed by atoms with Crippen molar-refractivity contribution < 1.29 is 9.18 Å². The van der Waals surface area contributed by atoms with Crippen molar-refractivity contribution in [2.24, 2.45) is 5.92 Å². The highest BCUT2D eigenvalue weighted by Crippen LogP contribution is 2.32. The number of aromatic nitrogens is 4. The van der Waals surface area contributed by atoms with Crippen LogP contribution in [0.5, 0.6) is 0 Å². The molecule has 2 N–H and O–H groups in total. The summed E-state index contributed by atoms with van der Waals surface area (Å²) in [4.78, 5) is 29.1. The minimum absolute atomic E-state index is 0.0920. The number of nitrogens with two attached hydrogens (primary N) is 1. The number of fused-ring (bicyclic) bond motifs is 1. The molecule has 1 aliphatic heterocycles. The lowest BCUT2D eigenvalue weighted by Crippen LogP contribution is -2.18. The van der Waals surface area contributed by atoms with Crippen LogP contribution in [0.25, 0.3) is 28.2 Å². The lowest BCUT2D eigenvalue weighted by molar-refractivity contribution is 0.0958. The van der Waals surface area contributed by atoms with Gasteiger partial charge < -0.3 is 15.0 Å². The Labute approximate surface area is 191 Å². The van der Waals surface area contributed by atoms with Crippen molar-refractivity contribution in [3.63, 3.8) is 0 Å². The highest BCUT2D eigenvalue weighted by molar-refractivity contribution is 5.99. The summed E-state index contributed by atoms with van der Waals surface area (Å²) in [7, 11) is 2.06. The number of likely N-dealkylation sites (tertiary alicyclic amines) is 1. The molecule has 5 rings (SSSR count). The maximum Gasteiger partial charge on any atom is 0.185 e. The van der Waals surface area contributed by atoms with Crippen molar-refractivity contribution in [1.29, 1.82) is 0 Å². The number of halogens is 1. The quantitative estimate of drug-likeness (QED) is 0.468. The second-order valence-electron chi connectivity index (χ2n) is 8.75. The van der Waals surface area contributed by atoms with Crippen LogP contribution in [0.1, 0.15) is 29.0 Å². The summed E-state index contributed by atoms with van der Waals surface area (Å²) in [5.74, 6) is -0.0692. The topological polar surface area (TPSA) is 89.4 Å². The molecule has 3 aromatic heterocycles. The van der Waals surface area contributed by atoms with Crippen LogP contribution in [-0.2, 0) is 0 Å². The zero-order valence-corrected chi connectivity index (χ0v) is 18.6. The number of pyridine rings is 1. The molecule has 1 atom stereocenters. The van der Waals surface area contributed by atoms with E-state index in [4.69, 9.17) is 10.7 Å². The molecule has 1 saturated heterocycles. The van der Waals surface area contributed by atoms with Gasteiger partial charge in [0.25, 0.3) is 0 Å². The fourth-order valence-electron chi connectivity index (χ4n) is 4.46. The van der Waals surface area contributed by atoms with Crippen LogP contribution in [0, 0.1) is 18.7 Å². The molecule has 0 spiro atoms. The zero-order chi connectivity index (χ0) is 23.1. The van der Waals surface area contributed by atoms with Crippen LogP contribution >= 0.6 is 0 Å². The van der Waals surface area contributed by atoms with Crippen molar-refractivity contribution in [3.05, 3.63) is 66.0 Å². The first kappa shape index (κ1) is 21.2. The smallest absolute Gasteiger partial charge is 0.185 e. The van der Waals surface area contributed by atoms with E-state index in [1.165, 1.54) is 12.1 Å². The van der Waals surface area contributed by atoms with Crippen molar-refractivity contribution >= 4 is 17.2 Å². The zero-order valence-electron chi connectivity index (χ0n) is 18.6. The Morgan fingerprint density at radius 1 is 1.12 bits per heavy atom. The van der Waals surface area contributed by atoms with E-state index in [1.807, 2.05) is 29.7 Å². The first-order valence-electron chi connectivity index (χ1n) is 11.0. The number of Topliss-reactive ketones (excluding diaryl/α,β-unsaturated/α-hetero) is 1. The maximum absolute atomic E-state index is 13.6. The molecule has 0 radical (unpaired) electrons. The summed E-state index contributed by atoms with van der Waals surface area (Å²) in [6.45, 7) is 3.83. The molecule has 7 nitrogen and oxygen atoms in total. The maximum atomic E-state index is 13.6. The Bertz CT molecular complexity index is 1350. The molecule has 4 aromatic rings. The number of ketones is 1. The van der Waals surface area contributed by atoms with Gasteiger partial charge in [0, 0.05) is 42.2 Å². The molecule has 1 aromatic carbocycles. The molecule has 0 amide bonds. The van der Waals surface area contributed by atoms with Gasteiger partial charge in [-0.15, -0.1) is 0 Å². The SMILES string of the molecule is Cc1cnc2ccc(-c3nc(C(=O)CC4CCN(C)C4)c(N)nc3-c3ccc(F)cc3)cn12. The van der Waals surface area contributed by atoms with Crippen LogP contribution in [0.2, 0.25) is 0 Å². The summed E-state index contributed by atoms with van der Waals surface area (Å²) in [6.07, 6.45) is 5.08. The van der Waals surface area contributed by atoms with Gasteiger partial charge in [0.15, 0.2) is 11.6 Å².